The molecule has 1 saturated carbocycles. The molecule has 2 aliphatic rings. The number of carbonyl (C=O) groups is 1. The molecule has 0 radical (unpaired) electrons. The molecular weight excluding hydrogens is 328 g/mol. The lowest BCUT2D eigenvalue weighted by Crippen LogP contribution is -2.52. The van der Waals surface area contributed by atoms with Crippen LogP contribution in [0.2, 0.25) is 0 Å². The van der Waals surface area contributed by atoms with Crippen molar-refractivity contribution in [2.24, 2.45) is 11.8 Å². The first-order chi connectivity index (χ1) is 12.6. The minimum Gasteiger partial charge on any atom is -0.496 e. The number of aliphatic hydroxyl groups excluding tert-OH is 1. The largest absolute Gasteiger partial charge is 0.496 e. The van der Waals surface area contributed by atoms with E-state index in [1.165, 1.54) is 0 Å². The maximum atomic E-state index is 12.6. The summed E-state index contributed by atoms with van der Waals surface area (Å²) in [5.41, 5.74) is 2.23. The van der Waals surface area contributed by atoms with Crippen LogP contribution < -0.4 is 15.4 Å². The van der Waals surface area contributed by atoms with Crippen LogP contribution in [-0.4, -0.2) is 43.4 Å². The van der Waals surface area contributed by atoms with Crippen LogP contribution in [-0.2, 0) is 11.2 Å². The van der Waals surface area contributed by atoms with Gasteiger partial charge in [0.1, 0.15) is 5.75 Å². The van der Waals surface area contributed by atoms with Crippen LogP contribution in [0.25, 0.3) is 0 Å². The zero-order valence-corrected chi connectivity index (χ0v) is 16.0. The number of benzene rings is 1. The van der Waals surface area contributed by atoms with Crippen molar-refractivity contribution in [1.29, 1.82) is 0 Å². The molecule has 5 heteroatoms. The van der Waals surface area contributed by atoms with Crippen LogP contribution in [0.1, 0.15) is 43.2 Å². The first-order valence-corrected chi connectivity index (χ1v) is 9.88. The highest BCUT2D eigenvalue weighted by atomic mass is 16.5. The van der Waals surface area contributed by atoms with Gasteiger partial charge in [0.05, 0.1) is 13.2 Å². The molecule has 1 atom stereocenters. The predicted octanol–water partition coefficient (Wildman–Crippen LogP) is 2.19. The first-order valence-electron chi connectivity index (χ1n) is 9.88. The van der Waals surface area contributed by atoms with Gasteiger partial charge in [-0.25, -0.2) is 0 Å². The third-order valence-electron chi connectivity index (χ3n) is 5.99. The molecule has 1 heterocycles. The van der Waals surface area contributed by atoms with Gasteiger partial charge in [-0.15, -0.1) is 0 Å². The standard InChI is InChI=1S/C21H32N2O3/c1-14-3-4-15(11-19(14)26-2)5-6-20(25)23-21(17-12-18(24)13-17)16-7-9-22-10-8-16/h3-4,11,16-18,21-22,24H,5-10,12-13H2,1-2H3,(H,23,25)/t17?,18?,21-/m0/s1. The second kappa shape index (κ2) is 8.87. The molecular formula is C21H32N2O3. The van der Waals surface area contributed by atoms with E-state index >= 15 is 0 Å². The predicted molar refractivity (Wildman–Crippen MR) is 102 cm³/mol. The van der Waals surface area contributed by atoms with Crippen LogP contribution in [0.3, 0.4) is 0 Å². The van der Waals surface area contributed by atoms with Gasteiger partial charge in [0.2, 0.25) is 5.91 Å². The molecule has 0 spiro atoms. The molecule has 0 unspecified atom stereocenters. The highest BCUT2D eigenvalue weighted by Crippen LogP contribution is 2.35. The highest BCUT2D eigenvalue weighted by Gasteiger charge is 2.39. The molecule has 0 aromatic heterocycles. The van der Waals surface area contributed by atoms with Gasteiger partial charge in [-0.3, -0.25) is 4.79 Å². The maximum absolute atomic E-state index is 12.6. The molecule has 1 aromatic rings. The summed E-state index contributed by atoms with van der Waals surface area (Å²) in [5, 5.41) is 16.4. The van der Waals surface area contributed by atoms with E-state index in [9.17, 15) is 9.90 Å². The van der Waals surface area contributed by atoms with Crippen molar-refractivity contribution >= 4 is 5.91 Å². The summed E-state index contributed by atoms with van der Waals surface area (Å²) < 4.78 is 5.37. The Morgan fingerprint density at radius 1 is 1.31 bits per heavy atom. The fourth-order valence-electron chi connectivity index (χ4n) is 4.28. The molecule has 144 valence electrons. The number of rotatable bonds is 7. The zero-order valence-electron chi connectivity index (χ0n) is 16.0. The van der Waals surface area contributed by atoms with Crippen LogP contribution in [0.15, 0.2) is 18.2 Å². The average Bonchev–Trinajstić information content (AvgIpc) is 2.64. The molecule has 1 aromatic carbocycles. The van der Waals surface area contributed by atoms with E-state index in [0.717, 1.165) is 55.6 Å². The van der Waals surface area contributed by atoms with Crippen molar-refractivity contribution in [3.8, 4) is 5.75 Å². The lowest BCUT2D eigenvalue weighted by atomic mass is 9.71. The van der Waals surface area contributed by atoms with Gasteiger partial charge in [0.15, 0.2) is 0 Å². The van der Waals surface area contributed by atoms with E-state index in [0.29, 0.717) is 24.7 Å². The van der Waals surface area contributed by atoms with Crippen molar-refractivity contribution in [3.63, 3.8) is 0 Å². The molecule has 3 rings (SSSR count). The number of nitrogens with one attached hydrogen (secondary N) is 2. The number of hydrogen-bond acceptors (Lipinski definition) is 4. The van der Waals surface area contributed by atoms with Crippen LogP contribution in [0.4, 0.5) is 0 Å². The number of amides is 1. The molecule has 1 aliphatic heterocycles. The molecule has 3 N–H and O–H groups in total. The van der Waals surface area contributed by atoms with E-state index in [-0.39, 0.29) is 18.1 Å². The number of methoxy groups -OCH3 is 1. The molecule has 1 saturated heterocycles. The number of carbonyl (C=O) groups excluding carboxylic acids is 1. The van der Waals surface area contributed by atoms with E-state index in [2.05, 4.69) is 16.7 Å². The van der Waals surface area contributed by atoms with Crippen LogP contribution in [0.5, 0.6) is 5.75 Å². The third kappa shape index (κ3) is 4.77. The summed E-state index contributed by atoms with van der Waals surface area (Å²) in [4.78, 5) is 12.6. The number of aryl methyl sites for hydroxylation is 2. The van der Waals surface area contributed by atoms with Crippen molar-refractivity contribution in [3.05, 3.63) is 29.3 Å². The fourth-order valence-corrected chi connectivity index (χ4v) is 4.28. The highest BCUT2D eigenvalue weighted by molar-refractivity contribution is 5.76. The molecule has 0 bridgehead atoms. The second-order valence-corrected chi connectivity index (χ2v) is 7.87. The summed E-state index contributed by atoms with van der Waals surface area (Å²) in [5.74, 6) is 1.95. The van der Waals surface area contributed by atoms with Crippen LogP contribution >= 0.6 is 0 Å². The van der Waals surface area contributed by atoms with Gasteiger partial charge in [-0.1, -0.05) is 12.1 Å². The fraction of sp³-hybridized carbons (Fsp3) is 0.667. The Labute approximate surface area is 156 Å². The monoisotopic (exact) mass is 360 g/mol. The van der Waals surface area contributed by atoms with Crippen molar-refractivity contribution in [2.45, 2.75) is 57.6 Å². The van der Waals surface area contributed by atoms with E-state index in [1.54, 1.807) is 7.11 Å². The molecule has 2 fully saturated rings. The van der Waals surface area contributed by atoms with Crippen molar-refractivity contribution in [1.82, 2.24) is 10.6 Å². The maximum Gasteiger partial charge on any atom is 0.220 e. The summed E-state index contributed by atoms with van der Waals surface area (Å²) >= 11 is 0. The number of ether oxygens (including phenoxy) is 1. The minimum absolute atomic E-state index is 0.120. The van der Waals surface area contributed by atoms with E-state index in [4.69, 9.17) is 4.74 Å². The topological polar surface area (TPSA) is 70.6 Å². The van der Waals surface area contributed by atoms with Gasteiger partial charge in [-0.05, 0) is 81.1 Å². The van der Waals surface area contributed by atoms with E-state index < -0.39 is 0 Å². The van der Waals surface area contributed by atoms with Gasteiger partial charge in [0, 0.05) is 12.5 Å². The first kappa shape index (κ1) is 19.2. The zero-order chi connectivity index (χ0) is 18.5. The Bertz CT molecular complexity index is 607. The SMILES string of the molecule is COc1cc(CCC(=O)N[C@@H](C2CCNCC2)C2CC(O)C2)ccc1C. The number of hydrogen-bond donors (Lipinski definition) is 3. The second-order valence-electron chi connectivity index (χ2n) is 7.87. The Balaban J connectivity index is 1.55. The van der Waals surface area contributed by atoms with Gasteiger partial charge in [-0.2, -0.15) is 0 Å². The molecule has 1 aliphatic carbocycles. The lowest BCUT2D eigenvalue weighted by Gasteiger charge is -2.43. The lowest BCUT2D eigenvalue weighted by molar-refractivity contribution is -0.123. The smallest absolute Gasteiger partial charge is 0.220 e. The van der Waals surface area contributed by atoms with Crippen molar-refractivity contribution < 1.29 is 14.6 Å². The Morgan fingerprint density at radius 3 is 2.69 bits per heavy atom. The van der Waals surface area contributed by atoms with Crippen LogP contribution in [0, 0.1) is 18.8 Å². The molecule has 1 amide bonds. The molecule has 5 nitrogen and oxygen atoms in total. The van der Waals surface area contributed by atoms with Crippen molar-refractivity contribution in [2.75, 3.05) is 20.2 Å². The van der Waals surface area contributed by atoms with E-state index in [1.807, 2.05) is 19.1 Å². The summed E-state index contributed by atoms with van der Waals surface area (Å²) in [6, 6.07) is 6.34. The number of aliphatic hydroxyl groups is 1. The Hall–Kier alpha value is -1.59. The third-order valence-corrected chi connectivity index (χ3v) is 5.99. The Morgan fingerprint density at radius 2 is 2.04 bits per heavy atom. The van der Waals surface area contributed by atoms with Gasteiger partial charge < -0.3 is 20.5 Å². The average molecular weight is 360 g/mol. The Kier molecular flexibility index (Phi) is 6.54. The number of piperidine rings is 1. The van der Waals surface area contributed by atoms with Gasteiger partial charge in [0.25, 0.3) is 0 Å². The minimum atomic E-state index is -0.179. The summed E-state index contributed by atoms with van der Waals surface area (Å²) in [7, 11) is 1.68. The normalized spacial score (nSPS) is 24.6. The molecule has 26 heavy (non-hydrogen) atoms. The quantitative estimate of drug-likeness (QED) is 0.697. The summed E-state index contributed by atoms with van der Waals surface area (Å²) in [6.45, 7) is 4.07. The van der Waals surface area contributed by atoms with Gasteiger partial charge >= 0.3 is 0 Å². The summed E-state index contributed by atoms with van der Waals surface area (Å²) in [6.07, 6.45) is 4.88.